The van der Waals surface area contributed by atoms with E-state index >= 15 is 0 Å². The van der Waals surface area contributed by atoms with Gasteiger partial charge in [-0.25, -0.2) is 0 Å². The van der Waals surface area contributed by atoms with Crippen molar-refractivity contribution in [3.63, 3.8) is 0 Å². The molecule has 0 saturated carbocycles. The molecule has 2 rings (SSSR count). The maximum atomic E-state index is 12.1. The van der Waals surface area contributed by atoms with Crippen LogP contribution in [0.4, 0.5) is 11.4 Å². The van der Waals surface area contributed by atoms with E-state index in [0.29, 0.717) is 22.9 Å². The molecule has 3 N–H and O–H groups in total. The van der Waals surface area contributed by atoms with Crippen molar-refractivity contribution in [3.8, 4) is 11.5 Å². The van der Waals surface area contributed by atoms with Gasteiger partial charge in [0.1, 0.15) is 11.5 Å². The minimum absolute atomic E-state index is 0.111. The Kier molecular flexibility index (Phi) is 5.50. The highest BCUT2D eigenvalue weighted by molar-refractivity contribution is 9.10. The largest absolute Gasteiger partial charge is 0.495 e. The number of carbonyl (C=O) groups excluding carboxylic acids is 1. The van der Waals surface area contributed by atoms with E-state index in [9.17, 15) is 4.79 Å². The van der Waals surface area contributed by atoms with Crippen LogP contribution in [0.3, 0.4) is 0 Å². The van der Waals surface area contributed by atoms with E-state index in [-0.39, 0.29) is 12.5 Å². The van der Waals surface area contributed by atoms with Crippen LogP contribution < -0.4 is 20.5 Å². The van der Waals surface area contributed by atoms with Crippen molar-refractivity contribution in [1.29, 1.82) is 0 Å². The van der Waals surface area contributed by atoms with Crippen molar-refractivity contribution in [2.75, 3.05) is 24.8 Å². The van der Waals surface area contributed by atoms with Crippen LogP contribution in [-0.4, -0.2) is 19.6 Å². The van der Waals surface area contributed by atoms with Crippen molar-refractivity contribution in [2.45, 2.75) is 13.8 Å². The third-order valence-electron chi connectivity index (χ3n) is 3.22. The second kappa shape index (κ2) is 7.37. The normalized spacial score (nSPS) is 10.3. The number of hydrogen-bond acceptors (Lipinski definition) is 4. The van der Waals surface area contributed by atoms with Crippen LogP contribution in [0.2, 0.25) is 0 Å². The Labute approximate surface area is 143 Å². The summed E-state index contributed by atoms with van der Waals surface area (Å²) in [4.78, 5) is 12.1. The number of ether oxygens (including phenoxy) is 2. The van der Waals surface area contributed by atoms with E-state index in [2.05, 4.69) is 21.2 Å². The molecule has 0 saturated heterocycles. The number of nitrogen functional groups attached to an aromatic ring is 1. The van der Waals surface area contributed by atoms with Crippen LogP contribution in [0.25, 0.3) is 0 Å². The van der Waals surface area contributed by atoms with Crippen molar-refractivity contribution >= 4 is 33.2 Å². The summed E-state index contributed by atoms with van der Waals surface area (Å²) in [6.45, 7) is 3.83. The first-order valence-corrected chi connectivity index (χ1v) is 7.83. The van der Waals surface area contributed by atoms with Crippen molar-refractivity contribution < 1.29 is 14.3 Å². The molecule has 5 nitrogen and oxygen atoms in total. The van der Waals surface area contributed by atoms with Crippen LogP contribution in [0.15, 0.2) is 34.8 Å². The molecule has 0 radical (unpaired) electrons. The molecule has 0 atom stereocenters. The van der Waals surface area contributed by atoms with Crippen molar-refractivity contribution in [2.24, 2.45) is 0 Å². The predicted octanol–water partition coefficient (Wildman–Crippen LogP) is 3.67. The zero-order valence-electron chi connectivity index (χ0n) is 13.3. The number of benzene rings is 2. The molecule has 0 spiro atoms. The standard InChI is InChI=1S/C17H19BrN2O3/c1-10-6-11(2)17(13(18)7-10)23-9-16(21)20-14-8-12(19)4-5-15(14)22-3/h4-8H,9,19H2,1-3H3,(H,20,21). The van der Waals surface area contributed by atoms with Gasteiger partial charge in [-0.2, -0.15) is 0 Å². The number of nitrogens with two attached hydrogens (primary N) is 1. The number of methoxy groups -OCH3 is 1. The average Bonchev–Trinajstić information content (AvgIpc) is 2.46. The predicted molar refractivity (Wildman–Crippen MR) is 95.1 cm³/mol. The Balaban J connectivity index is 2.05. The quantitative estimate of drug-likeness (QED) is 0.778. The summed E-state index contributed by atoms with van der Waals surface area (Å²) in [6.07, 6.45) is 0. The minimum atomic E-state index is -0.291. The number of nitrogens with one attached hydrogen (secondary N) is 1. The topological polar surface area (TPSA) is 73.6 Å². The Morgan fingerprint density at radius 1 is 1.26 bits per heavy atom. The maximum absolute atomic E-state index is 12.1. The summed E-state index contributed by atoms with van der Waals surface area (Å²) >= 11 is 3.45. The second-order valence-corrected chi connectivity index (χ2v) is 6.04. The number of amides is 1. The van der Waals surface area contributed by atoms with Gasteiger partial charge in [-0.1, -0.05) is 6.07 Å². The van der Waals surface area contributed by atoms with Crippen LogP contribution >= 0.6 is 15.9 Å². The molecule has 23 heavy (non-hydrogen) atoms. The first-order valence-electron chi connectivity index (χ1n) is 7.03. The lowest BCUT2D eigenvalue weighted by Crippen LogP contribution is -2.21. The monoisotopic (exact) mass is 378 g/mol. The molecule has 0 aliphatic heterocycles. The molecule has 0 unspecified atom stereocenters. The molecule has 0 bridgehead atoms. The second-order valence-electron chi connectivity index (χ2n) is 5.19. The third-order valence-corrected chi connectivity index (χ3v) is 3.81. The number of halogens is 1. The van der Waals surface area contributed by atoms with E-state index in [1.54, 1.807) is 18.2 Å². The van der Waals surface area contributed by atoms with Crippen LogP contribution in [0.5, 0.6) is 11.5 Å². The van der Waals surface area contributed by atoms with Gasteiger partial charge in [-0.3, -0.25) is 4.79 Å². The van der Waals surface area contributed by atoms with Crippen molar-refractivity contribution in [1.82, 2.24) is 0 Å². The Morgan fingerprint density at radius 3 is 2.65 bits per heavy atom. The molecule has 0 fully saturated rings. The van der Waals surface area contributed by atoms with Crippen LogP contribution in [-0.2, 0) is 4.79 Å². The lowest BCUT2D eigenvalue weighted by molar-refractivity contribution is -0.118. The Hall–Kier alpha value is -2.21. The smallest absolute Gasteiger partial charge is 0.262 e. The first-order chi connectivity index (χ1) is 10.9. The molecular weight excluding hydrogens is 360 g/mol. The summed E-state index contributed by atoms with van der Waals surface area (Å²) in [5.41, 5.74) is 8.87. The van der Waals surface area contributed by atoms with E-state index in [0.717, 1.165) is 15.6 Å². The van der Waals surface area contributed by atoms with E-state index in [1.807, 2.05) is 26.0 Å². The molecule has 0 aromatic heterocycles. The number of rotatable bonds is 5. The van der Waals surface area contributed by atoms with Gasteiger partial charge in [0.2, 0.25) is 0 Å². The van der Waals surface area contributed by atoms with E-state index in [1.165, 1.54) is 7.11 Å². The minimum Gasteiger partial charge on any atom is -0.495 e. The molecule has 2 aromatic rings. The molecule has 2 aromatic carbocycles. The highest BCUT2D eigenvalue weighted by Crippen LogP contribution is 2.30. The van der Waals surface area contributed by atoms with E-state index < -0.39 is 0 Å². The van der Waals surface area contributed by atoms with Gasteiger partial charge in [0.25, 0.3) is 5.91 Å². The number of anilines is 2. The van der Waals surface area contributed by atoms with Crippen LogP contribution in [0.1, 0.15) is 11.1 Å². The third kappa shape index (κ3) is 4.39. The zero-order valence-corrected chi connectivity index (χ0v) is 14.9. The number of aryl methyl sites for hydroxylation is 2. The molecule has 6 heteroatoms. The number of hydrogen-bond donors (Lipinski definition) is 2. The van der Waals surface area contributed by atoms with Crippen molar-refractivity contribution in [3.05, 3.63) is 45.9 Å². The fraction of sp³-hybridized carbons (Fsp3) is 0.235. The van der Waals surface area contributed by atoms with Gasteiger partial charge in [0.15, 0.2) is 6.61 Å². The van der Waals surface area contributed by atoms with Gasteiger partial charge in [0, 0.05) is 5.69 Å². The molecular formula is C17H19BrN2O3. The first kappa shape index (κ1) is 17.1. The summed E-state index contributed by atoms with van der Waals surface area (Å²) in [6, 6.07) is 8.99. The average molecular weight is 379 g/mol. The lowest BCUT2D eigenvalue weighted by Gasteiger charge is -2.14. The molecule has 0 heterocycles. The number of carbonyl (C=O) groups is 1. The van der Waals surface area contributed by atoms with Gasteiger partial charge in [-0.15, -0.1) is 0 Å². The lowest BCUT2D eigenvalue weighted by atomic mass is 10.1. The molecule has 122 valence electrons. The summed E-state index contributed by atoms with van der Waals surface area (Å²) < 4.78 is 11.6. The fourth-order valence-corrected chi connectivity index (χ4v) is 3.02. The summed E-state index contributed by atoms with van der Waals surface area (Å²) in [7, 11) is 1.53. The highest BCUT2D eigenvalue weighted by Gasteiger charge is 2.11. The van der Waals surface area contributed by atoms with E-state index in [4.69, 9.17) is 15.2 Å². The van der Waals surface area contributed by atoms with Gasteiger partial charge >= 0.3 is 0 Å². The molecule has 1 amide bonds. The SMILES string of the molecule is COc1ccc(N)cc1NC(=O)COc1c(C)cc(C)cc1Br. The summed E-state index contributed by atoms with van der Waals surface area (Å²) in [5.74, 6) is 0.909. The van der Waals surface area contributed by atoms with Gasteiger partial charge < -0.3 is 20.5 Å². The molecule has 0 aliphatic rings. The Morgan fingerprint density at radius 2 is 2.00 bits per heavy atom. The Bertz CT molecular complexity index is 709. The maximum Gasteiger partial charge on any atom is 0.262 e. The highest BCUT2D eigenvalue weighted by atomic mass is 79.9. The van der Waals surface area contributed by atoms with Gasteiger partial charge in [0.05, 0.1) is 17.3 Å². The zero-order chi connectivity index (χ0) is 17.0. The van der Waals surface area contributed by atoms with Crippen LogP contribution in [0, 0.1) is 13.8 Å². The summed E-state index contributed by atoms with van der Waals surface area (Å²) in [5, 5.41) is 2.74. The fourth-order valence-electron chi connectivity index (χ4n) is 2.23. The van der Waals surface area contributed by atoms with Gasteiger partial charge in [-0.05, 0) is 65.2 Å². The molecule has 0 aliphatic carbocycles.